The number of aryl methyl sites for hydroxylation is 1. The van der Waals surface area contributed by atoms with Crippen LogP contribution in [0.1, 0.15) is 55.9 Å². The topological polar surface area (TPSA) is 105 Å². The van der Waals surface area contributed by atoms with Crippen molar-refractivity contribution in [1.29, 1.82) is 0 Å². The Morgan fingerprint density at radius 1 is 1.14 bits per heavy atom. The molecule has 1 amide bonds. The number of aromatic nitrogens is 2. The fraction of sp³-hybridized carbons (Fsp3) is 0.333. The summed E-state index contributed by atoms with van der Waals surface area (Å²) in [5, 5.41) is 18.0. The van der Waals surface area contributed by atoms with Crippen molar-refractivity contribution in [2.24, 2.45) is 0 Å². The van der Waals surface area contributed by atoms with E-state index in [1.165, 1.54) is 0 Å². The van der Waals surface area contributed by atoms with E-state index in [4.69, 9.17) is 4.52 Å². The molecule has 1 atom stereocenters. The number of nitrogens with zero attached hydrogens (tertiary/aromatic N) is 2. The van der Waals surface area contributed by atoms with Crippen LogP contribution in [-0.4, -0.2) is 27.1 Å². The van der Waals surface area contributed by atoms with Crippen LogP contribution in [0.5, 0.6) is 0 Å². The first-order chi connectivity index (χ1) is 13.4. The van der Waals surface area contributed by atoms with Crippen LogP contribution in [0.4, 0.5) is 0 Å². The Labute approximate surface area is 162 Å². The minimum Gasteiger partial charge on any atom is -0.481 e. The van der Waals surface area contributed by atoms with Gasteiger partial charge in [-0.05, 0) is 16.3 Å². The molecule has 0 saturated carbocycles. The molecule has 1 heterocycles. The van der Waals surface area contributed by atoms with Gasteiger partial charge in [-0.1, -0.05) is 61.5 Å². The van der Waals surface area contributed by atoms with E-state index in [9.17, 15) is 14.7 Å². The van der Waals surface area contributed by atoms with E-state index >= 15 is 0 Å². The molecule has 28 heavy (non-hydrogen) atoms. The van der Waals surface area contributed by atoms with Crippen molar-refractivity contribution in [3.05, 3.63) is 59.7 Å². The number of carbonyl (C=O) groups excluding carboxylic acids is 1. The van der Waals surface area contributed by atoms with Crippen LogP contribution in [0, 0.1) is 0 Å². The zero-order chi connectivity index (χ0) is 20.1. The summed E-state index contributed by atoms with van der Waals surface area (Å²) in [6, 6.07) is 12.8. The average Bonchev–Trinajstić information content (AvgIpc) is 3.14. The molecule has 7 heteroatoms. The minimum absolute atomic E-state index is 0.139. The largest absolute Gasteiger partial charge is 0.481 e. The molecule has 146 valence electrons. The van der Waals surface area contributed by atoms with Crippen LogP contribution < -0.4 is 5.32 Å². The van der Waals surface area contributed by atoms with Crippen LogP contribution in [0.25, 0.3) is 10.8 Å². The molecular weight excluding hydrogens is 358 g/mol. The van der Waals surface area contributed by atoms with Crippen molar-refractivity contribution in [3.8, 4) is 0 Å². The Bertz CT molecular complexity index is 975. The van der Waals surface area contributed by atoms with Gasteiger partial charge in [-0.15, -0.1) is 0 Å². The van der Waals surface area contributed by atoms with E-state index in [-0.39, 0.29) is 24.7 Å². The van der Waals surface area contributed by atoms with Gasteiger partial charge >= 0.3 is 5.97 Å². The highest BCUT2D eigenvalue weighted by Gasteiger charge is 2.20. The molecule has 2 N–H and O–H groups in total. The van der Waals surface area contributed by atoms with Gasteiger partial charge in [0.05, 0.1) is 12.5 Å². The smallest absolute Gasteiger partial charge is 0.305 e. The lowest BCUT2D eigenvalue weighted by atomic mass is 9.96. The number of nitrogens with one attached hydrogen (secondary N) is 1. The first-order valence-corrected chi connectivity index (χ1v) is 9.25. The number of carboxylic acids is 1. The van der Waals surface area contributed by atoms with Gasteiger partial charge in [0.15, 0.2) is 5.82 Å². The summed E-state index contributed by atoms with van der Waals surface area (Å²) in [6.45, 7) is 3.92. The number of rotatable bonds is 8. The third kappa shape index (κ3) is 4.73. The Morgan fingerprint density at radius 2 is 1.89 bits per heavy atom. The number of hydrogen-bond donors (Lipinski definition) is 2. The van der Waals surface area contributed by atoms with Crippen molar-refractivity contribution < 1.29 is 19.2 Å². The number of fused-ring (bicyclic) bond motifs is 1. The molecule has 3 rings (SSSR count). The molecule has 1 aromatic heterocycles. The summed E-state index contributed by atoms with van der Waals surface area (Å²) in [5.41, 5.74) is 0.786. The summed E-state index contributed by atoms with van der Waals surface area (Å²) < 4.78 is 5.15. The Balaban J connectivity index is 1.73. The molecule has 0 unspecified atom stereocenters. The molecule has 7 nitrogen and oxygen atoms in total. The van der Waals surface area contributed by atoms with Gasteiger partial charge in [0.25, 0.3) is 0 Å². The highest BCUT2D eigenvalue weighted by Crippen LogP contribution is 2.26. The summed E-state index contributed by atoms with van der Waals surface area (Å²) in [6.07, 6.45) is 0.249. The van der Waals surface area contributed by atoms with Gasteiger partial charge < -0.3 is 14.9 Å². The molecule has 0 bridgehead atoms. The van der Waals surface area contributed by atoms with Crippen LogP contribution in [-0.2, 0) is 16.0 Å². The maximum absolute atomic E-state index is 12.5. The van der Waals surface area contributed by atoms with Crippen molar-refractivity contribution in [2.45, 2.75) is 45.1 Å². The predicted molar refractivity (Wildman–Crippen MR) is 104 cm³/mol. The van der Waals surface area contributed by atoms with E-state index in [0.29, 0.717) is 18.1 Å². The van der Waals surface area contributed by atoms with E-state index in [1.807, 2.05) is 56.3 Å². The van der Waals surface area contributed by atoms with E-state index < -0.39 is 12.0 Å². The lowest BCUT2D eigenvalue weighted by Crippen LogP contribution is -2.30. The van der Waals surface area contributed by atoms with Gasteiger partial charge in [-0.25, -0.2) is 0 Å². The average molecular weight is 381 g/mol. The van der Waals surface area contributed by atoms with Crippen molar-refractivity contribution in [1.82, 2.24) is 15.5 Å². The maximum Gasteiger partial charge on any atom is 0.305 e. The first-order valence-electron chi connectivity index (χ1n) is 9.25. The summed E-state index contributed by atoms with van der Waals surface area (Å²) in [7, 11) is 0. The van der Waals surface area contributed by atoms with E-state index in [1.54, 1.807) is 0 Å². The van der Waals surface area contributed by atoms with Crippen molar-refractivity contribution in [3.63, 3.8) is 0 Å². The number of benzene rings is 2. The van der Waals surface area contributed by atoms with Crippen molar-refractivity contribution in [2.75, 3.05) is 0 Å². The minimum atomic E-state index is -0.975. The molecule has 0 fully saturated rings. The normalized spacial score (nSPS) is 12.2. The third-order valence-corrected chi connectivity index (χ3v) is 4.48. The Kier molecular flexibility index (Phi) is 6.03. The second-order valence-corrected chi connectivity index (χ2v) is 6.99. The van der Waals surface area contributed by atoms with Crippen LogP contribution in [0.2, 0.25) is 0 Å². The molecule has 0 radical (unpaired) electrons. The number of carboxylic acid groups (broad SMARTS) is 1. The van der Waals surface area contributed by atoms with Gasteiger partial charge in [0.1, 0.15) is 0 Å². The van der Waals surface area contributed by atoms with Crippen LogP contribution >= 0.6 is 0 Å². The highest BCUT2D eigenvalue weighted by atomic mass is 16.5. The zero-order valence-electron chi connectivity index (χ0n) is 15.9. The van der Waals surface area contributed by atoms with Crippen LogP contribution in [0.3, 0.4) is 0 Å². The van der Waals surface area contributed by atoms with Gasteiger partial charge in [-0.2, -0.15) is 4.98 Å². The lowest BCUT2D eigenvalue weighted by Gasteiger charge is -2.19. The molecule has 0 aliphatic heterocycles. The second-order valence-electron chi connectivity index (χ2n) is 6.99. The lowest BCUT2D eigenvalue weighted by molar-refractivity contribution is -0.137. The molecule has 2 aromatic carbocycles. The molecule has 0 aliphatic rings. The number of amides is 1. The fourth-order valence-corrected chi connectivity index (χ4v) is 3.06. The number of carbonyl (C=O) groups is 2. The highest BCUT2D eigenvalue weighted by molar-refractivity contribution is 5.87. The summed E-state index contributed by atoms with van der Waals surface area (Å²) >= 11 is 0. The molecule has 3 aromatic rings. The van der Waals surface area contributed by atoms with Gasteiger partial charge in [-0.3, -0.25) is 9.59 Å². The zero-order valence-corrected chi connectivity index (χ0v) is 15.9. The maximum atomic E-state index is 12.5. The van der Waals surface area contributed by atoms with Gasteiger partial charge in [0, 0.05) is 18.8 Å². The molecule has 0 aliphatic carbocycles. The Morgan fingerprint density at radius 3 is 2.61 bits per heavy atom. The first kappa shape index (κ1) is 19.5. The summed E-state index contributed by atoms with van der Waals surface area (Å²) in [4.78, 5) is 28.1. The number of aliphatic carboxylic acids is 1. The standard InChI is InChI=1S/C21H23N3O4/c1-13(2)21-23-19(28-24-21)11-10-18(25)22-17(12-20(26)27)16-9-5-7-14-6-3-4-8-15(14)16/h3-9,13,17H,10-12H2,1-2H3,(H,22,25)(H,26,27)/t17-/m1/s1. The molecule has 0 saturated heterocycles. The molecular formula is C21H23N3O4. The fourth-order valence-electron chi connectivity index (χ4n) is 3.06. The molecule has 0 spiro atoms. The van der Waals surface area contributed by atoms with Gasteiger partial charge in [0.2, 0.25) is 11.8 Å². The SMILES string of the molecule is CC(C)c1noc(CCC(=O)N[C@H](CC(=O)O)c2cccc3ccccc23)n1. The predicted octanol–water partition coefficient (Wildman–Crippen LogP) is 3.61. The third-order valence-electron chi connectivity index (χ3n) is 4.48. The van der Waals surface area contributed by atoms with Crippen LogP contribution in [0.15, 0.2) is 47.0 Å². The van der Waals surface area contributed by atoms with E-state index in [0.717, 1.165) is 16.3 Å². The van der Waals surface area contributed by atoms with E-state index in [2.05, 4.69) is 15.5 Å². The quantitative estimate of drug-likeness (QED) is 0.617. The summed E-state index contributed by atoms with van der Waals surface area (Å²) in [5.74, 6) is -0.0773. The monoisotopic (exact) mass is 381 g/mol. The Hall–Kier alpha value is -3.22. The van der Waals surface area contributed by atoms with Crippen molar-refractivity contribution >= 4 is 22.6 Å². The number of hydrogen-bond acceptors (Lipinski definition) is 5. The second kappa shape index (κ2) is 8.65.